The van der Waals surface area contributed by atoms with Gasteiger partial charge >= 0.3 is 0 Å². The lowest BCUT2D eigenvalue weighted by atomic mass is 9.93. The molecule has 3 nitrogen and oxygen atoms in total. The number of hydrogen-bond donors (Lipinski definition) is 0. The molecule has 1 aliphatic rings. The second kappa shape index (κ2) is 12.0. The minimum atomic E-state index is 0.363. The molecule has 1 heterocycles. The van der Waals surface area contributed by atoms with Gasteiger partial charge in [-0.05, 0) is 43.9 Å². The Hall–Kier alpha value is -2.03. The van der Waals surface area contributed by atoms with Crippen molar-refractivity contribution in [3.63, 3.8) is 0 Å². The zero-order valence-corrected chi connectivity index (χ0v) is 19.1. The molecule has 164 valence electrons. The molecular weight excluding hydrogens is 368 g/mol. The Bertz CT molecular complexity index is 773. The number of benzene rings is 1. The SMILES string of the molecule is CCCCCCCC(=O)N(Cc1cccn1Cc1cccc(C)c1)C1CCCCC1. The molecule has 0 N–H and O–H groups in total. The molecule has 0 unspecified atom stereocenters. The van der Waals surface area contributed by atoms with Gasteiger partial charge in [-0.1, -0.05) is 81.7 Å². The Morgan fingerprint density at radius 1 is 1.03 bits per heavy atom. The van der Waals surface area contributed by atoms with Crippen LogP contribution in [0.1, 0.15) is 94.4 Å². The first-order chi connectivity index (χ1) is 14.7. The highest BCUT2D eigenvalue weighted by molar-refractivity contribution is 5.76. The highest BCUT2D eigenvalue weighted by Gasteiger charge is 2.26. The minimum absolute atomic E-state index is 0.363. The van der Waals surface area contributed by atoms with Crippen LogP contribution in [0.15, 0.2) is 42.6 Å². The number of carbonyl (C=O) groups is 1. The van der Waals surface area contributed by atoms with Crippen LogP contribution < -0.4 is 0 Å². The van der Waals surface area contributed by atoms with Gasteiger partial charge < -0.3 is 9.47 Å². The topological polar surface area (TPSA) is 25.2 Å². The Morgan fingerprint density at radius 3 is 2.60 bits per heavy atom. The van der Waals surface area contributed by atoms with Crippen LogP contribution in [-0.2, 0) is 17.9 Å². The fourth-order valence-electron chi connectivity index (χ4n) is 4.77. The summed E-state index contributed by atoms with van der Waals surface area (Å²) in [5.74, 6) is 0.363. The third-order valence-electron chi connectivity index (χ3n) is 6.52. The molecule has 1 amide bonds. The molecule has 1 aromatic carbocycles. The molecule has 30 heavy (non-hydrogen) atoms. The summed E-state index contributed by atoms with van der Waals surface area (Å²) in [4.78, 5) is 15.5. The average molecular weight is 409 g/mol. The van der Waals surface area contributed by atoms with E-state index in [0.29, 0.717) is 18.4 Å². The Balaban J connectivity index is 1.67. The molecule has 0 bridgehead atoms. The number of aromatic nitrogens is 1. The molecule has 0 saturated heterocycles. The predicted molar refractivity (Wildman–Crippen MR) is 126 cm³/mol. The van der Waals surface area contributed by atoms with Gasteiger partial charge in [-0.25, -0.2) is 0 Å². The lowest BCUT2D eigenvalue weighted by Gasteiger charge is -2.35. The molecule has 1 aliphatic carbocycles. The smallest absolute Gasteiger partial charge is 0.223 e. The molecule has 0 radical (unpaired) electrons. The molecule has 0 spiro atoms. The summed E-state index contributed by atoms with van der Waals surface area (Å²) in [7, 11) is 0. The zero-order chi connectivity index (χ0) is 21.2. The van der Waals surface area contributed by atoms with Crippen molar-refractivity contribution in [3.05, 3.63) is 59.4 Å². The standard InChI is InChI=1S/C27H40N2O/c1-3-4-5-6-10-18-27(30)29(25-15-8-7-9-16-25)22-26-17-12-19-28(26)21-24-14-11-13-23(2)20-24/h11-14,17,19-20,25H,3-10,15-16,18,21-22H2,1-2H3. The predicted octanol–water partition coefficient (Wildman–Crippen LogP) is 6.87. The first-order valence-electron chi connectivity index (χ1n) is 12.2. The molecule has 3 heteroatoms. The van der Waals surface area contributed by atoms with Gasteiger partial charge in [0.05, 0.1) is 6.54 Å². The Morgan fingerprint density at radius 2 is 1.83 bits per heavy atom. The summed E-state index contributed by atoms with van der Waals surface area (Å²) in [5, 5.41) is 0. The van der Waals surface area contributed by atoms with Crippen LogP contribution in [0.25, 0.3) is 0 Å². The van der Waals surface area contributed by atoms with Crippen LogP contribution in [-0.4, -0.2) is 21.4 Å². The van der Waals surface area contributed by atoms with Crippen LogP contribution in [0.4, 0.5) is 0 Å². The van der Waals surface area contributed by atoms with Gasteiger partial charge in [-0.3, -0.25) is 4.79 Å². The van der Waals surface area contributed by atoms with Gasteiger partial charge in [0.2, 0.25) is 5.91 Å². The van der Waals surface area contributed by atoms with Crippen molar-refractivity contribution in [1.29, 1.82) is 0 Å². The molecule has 0 atom stereocenters. The van der Waals surface area contributed by atoms with Crippen molar-refractivity contribution >= 4 is 5.91 Å². The molecule has 1 fully saturated rings. The van der Waals surface area contributed by atoms with Crippen LogP contribution in [0.3, 0.4) is 0 Å². The minimum Gasteiger partial charge on any atom is -0.345 e. The maximum absolute atomic E-state index is 13.2. The second-order valence-corrected chi connectivity index (χ2v) is 9.09. The van der Waals surface area contributed by atoms with E-state index in [1.54, 1.807) is 0 Å². The second-order valence-electron chi connectivity index (χ2n) is 9.09. The molecule has 3 rings (SSSR count). The van der Waals surface area contributed by atoms with Gasteiger partial charge in [0.15, 0.2) is 0 Å². The quantitative estimate of drug-likeness (QED) is 0.373. The van der Waals surface area contributed by atoms with E-state index in [-0.39, 0.29) is 0 Å². The fourth-order valence-corrected chi connectivity index (χ4v) is 4.77. The van der Waals surface area contributed by atoms with Crippen LogP contribution >= 0.6 is 0 Å². The molecule has 1 saturated carbocycles. The number of rotatable bonds is 11. The van der Waals surface area contributed by atoms with Crippen molar-refractivity contribution in [2.24, 2.45) is 0 Å². The average Bonchev–Trinajstić information content (AvgIpc) is 3.19. The third-order valence-corrected chi connectivity index (χ3v) is 6.52. The van der Waals surface area contributed by atoms with Gasteiger partial charge in [-0.15, -0.1) is 0 Å². The Kier molecular flexibility index (Phi) is 9.04. The van der Waals surface area contributed by atoms with Gasteiger partial charge in [0.1, 0.15) is 0 Å². The van der Waals surface area contributed by atoms with Crippen molar-refractivity contribution in [1.82, 2.24) is 9.47 Å². The van der Waals surface area contributed by atoms with Crippen molar-refractivity contribution in [2.45, 2.75) is 104 Å². The van der Waals surface area contributed by atoms with Gasteiger partial charge in [-0.2, -0.15) is 0 Å². The summed E-state index contributed by atoms with van der Waals surface area (Å²) in [6.07, 6.45) is 15.0. The fraction of sp³-hybridized carbons (Fsp3) is 0.593. The maximum atomic E-state index is 13.2. The zero-order valence-electron chi connectivity index (χ0n) is 19.1. The third kappa shape index (κ3) is 6.75. The summed E-state index contributed by atoms with van der Waals surface area (Å²) in [5.41, 5.74) is 3.86. The van der Waals surface area contributed by atoms with Crippen molar-refractivity contribution in [2.75, 3.05) is 0 Å². The van der Waals surface area contributed by atoms with Crippen molar-refractivity contribution in [3.8, 4) is 0 Å². The van der Waals surface area contributed by atoms with Gasteiger partial charge in [0, 0.05) is 30.9 Å². The molecule has 0 aliphatic heterocycles. The van der Waals surface area contributed by atoms with E-state index in [0.717, 1.165) is 19.5 Å². The van der Waals surface area contributed by atoms with Crippen LogP contribution in [0.2, 0.25) is 0 Å². The molecular formula is C27H40N2O. The number of aryl methyl sites for hydroxylation is 1. The highest BCUT2D eigenvalue weighted by Crippen LogP contribution is 2.26. The normalized spacial score (nSPS) is 14.7. The molecule has 1 aromatic heterocycles. The van der Waals surface area contributed by atoms with Crippen molar-refractivity contribution < 1.29 is 4.79 Å². The largest absolute Gasteiger partial charge is 0.345 e. The van der Waals surface area contributed by atoms with Gasteiger partial charge in [0.25, 0.3) is 0 Å². The first kappa shape index (κ1) is 22.7. The van der Waals surface area contributed by atoms with E-state index in [1.165, 1.54) is 74.6 Å². The first-order valence-corrected chi connectivity index (χ1v) is 12.2. The maximum Gasteiger partial charge on any atom is 0.223 e. The van der Waals surface area contributed by atoms with E-state index in [4.69, 9.17) is 0 Å². The van der Waals surface area contributed by atoms with Crippen LogP contribution in [0.5, 0.6) is 0 Å². The highest BCUT2D eigenvalue weighted by atomic mass is 16.2. The van der Waals surface area contributed by atoms with E-state index >= 15 is 0 Å². The van der Waals surface area contributed by atoms with E-state index in [1.807, 2.05) is 0 Å². The van der Waals surface area contributed by atoms with E-state index in [9.17, 15) is 4.79 Å². The molecule has 2 aromatic rings. The summed E-state index contributed by atoms with van der Waals surface area (Å²) in [6, 6.07) is 13.5. The summed E-state index contributed by atoms with van der Waals surface area (Å²) < 4.78 is 2.32. The lowest BCUT2D eigenvalue weighted by molar-refractivity contribution is -0.135. The number of unbranched alkanes of at least 4 members (excludes halogenated alkanes) is 4. The number of amides is 1. The lowest BCUT2D eigenvalue weighted by Crippen LogP contribution is -2.41. The number of hydrogen-bond acceptors (Lipinski definition) is 1. The van der Waals surface area contributed by atoms with Crippen LogP contribution in [0, 0.1) is 6.92 Å². The number of carbonyl (C=O) groups excluding carboxylic acids is 1. The van der Waals surface area contributed by atoms with E-state index in [2.05, 4.69) is 65.9 Å². The number of nitrogens with zero attached hydrogens (tertiary/aromatic N) is 2. The summed E-state index contributed by atoms with van der Waals surface area (Å²) >= 11 is 0. The summed E-state index contributed by atoms with van der Waals surface area (Å²) in [6.45, 7) is 6.00. The van der Waals surface area contributed by atoms with E-state index < -0.39 is 0 Å². The monoisotopic (exact) mass is 408 g/mol. The Labute approximate surface area is 183 Å².